The van der Waals surface area contributed by atoms with E-state index in [4.69, 9.17) is 5.11 Å². The van der Waals surface area contributed by atoms with Crippen molar-refractivity contribution in [3.63, 3.8) is 0 Å². The Kier molecular flexibility index (Phi) is 3.53. The highest BCUT2D eigenvalue weighted by molar-refractivity contribution is 5.93. The molecule has 0 spiro atoms. The Balaban J connectivity index is 1.60. The van der Waals surface area contributed by atoms with Gasteiger partial charge in [0.2, 0.25) is 5.91 Å². The predicted octanol–water partition coefficient (Wildman–Crippen LogP) is 1.30. The van der Waals surface area contributed by atoms with Crippen LogP contribution >= 0.6 is 0 Å². The SMILES string of the molecule is O=C(Nc1ccc(CCO)cc1)C1CC2CCC1N2. The second kappa shape index (κ2) is 5.31. The highest BCUT2D eigenvalue weighted by Crippen LogP contribution is 2.33. The van der Waals surface area contributed by atoms with Crippen LogP contribution in [0.3, 0.4) is 0 Å². The molecule has 2 heterocycles. The third-order valence-corrected chi connectivity index (χ3v) is 4.26. The summed E-state index contributed by atoms with van der Waals surface area (Å²) in [6, 6.07) is 8.63. The number of amides is 1. The van der Waals surface area contributed by atoms with Gasteiger partial charge >= 0.3 is 0 Å². The fourth-order valence-corrected chi connectivity index (χ4v) is 3.23. The molecule has 102 valence electrons. The highest BCUT2D eigenvalue weighted by Gasteiger charge is 2.42. The number of hydrogen-bond donors (Lipinski definition) is 3. The fourth-order valence-electron chi connectivity index (χ4n) is 3.23. The van der Waals surface area contributed by atoms with Crippen molar-refractivity contribution in [2.45, 2.75) is 37.8 Å². The predicted molar refractivity (Wildman–Crippen MR) is 73.9 cm³/mol. The molecule has 4 nitrogen and oxygen atoms in total. The Hall–Kier alpha value is -1.39. The van der Waals surface area contributed by atoms with Crippen LogP contribution in [0.1, 0.15) is 24.8 Å². The lowest BCUT2D eigenvalue weighted by Crippen LogP contribution is -2.32. The molecule has 3 atom stereocenters. The van der Waals surface area contributed by atoms with E-state index in [0.717, 1.165) is 24.1 Å². The van der Waals surface area contributed by atoms with E-state index in [1.165, 1.54) is 6.42 Å². The van der Waals surface area contributed by atoms with E-state index in [2.05, 4.69) is 10.6 Å². The van der Waals surface area contributed by atoms with Crippen molar-refractivity contribution in [3.8, 4) is 0 Å². The monoisotopic (exact) mass is 260 g/mol. The Morgan fingerprint density at radius 2 is 2.11 bits per heavy atom. The van der Waals surface area contributed by atoms with Crippen molar-refractivity contribution >= 4 is 11.6 Å². The Morgan fingerprint density at radius 3 is 2.68 bits per heavy atom. The summed E-state index contributed by atoms with van der Waals surface area (Å²) in [7, 11) is 0. The average Bonchev–Trinajstić information content (AvgIpc) is 3.04. The van der Waals surface area contributed by atoms with Gasteiger partial charge in [-0.05, 0) is 43.4 Å². The molecule has 1 amide bonds. The molecule has 19 heavy (non-hydrogen) atoms. The highest BCUT2D eigenvalue weighted by atomic mass is 16.2. The lowest BCUT2D eigenvalue weighted by molar-refractivity contribution is -0.120. The first-order valence-electron chi connectivity index (χ1n) is 7.03. The zero-order chi connectivity index (χ0) is 13.2. The molecule has 2 aliphatic rings. The third-order valence-electron chi connectivity index (χ3n) is 4.26. The zero-order valence-corrected chi connectivity index (χ0v) is 10.9. The van der Waals surface area contributed by atoms with Crippen LogP contribution in [0.4, 0.5) is 5.69 Å². The minimum atomic E-state index is 0.121. The van der Waals surface area contributed by atoms with E-state index in [0.29, 0.717) is 18.5 Å². The van der Waals surface area contributed by atoms with E-state index >= 15 is 0 Å². The summed E-state index contributed by atoms with van der Waals surface area (Å²) in [4.78, 5) is 12.2. The maximum atomic E-state index is 12.2. The van der Waals surface area contributed by atoms with Gasteiger partial charge in [-0.2, -0.15) is 0 Å². The quantitative estimate of drug-likeness (QED) is 0.764. The molecule has 2 aliphatic heterocycles. The summed E-state index contributed by atoms with van der Waals surface area (Å²) in [5.41, 5.74) is 1.93. The van der Waals surface area contributed by atoms with Gasteiger partial charge in [0.25, 0.3) is 0 Å². The summed E-state index contributed by atoms with van der Waals surface area (Å²) in [5, 5.41) is 15.3. The second-order valence-corrected chi connectivity index (χ2v) is 5.55. The maximum Gasteiger partial charge on any atom is 0.229 e. The largest absolute Gasteiger partial charge is 0.396 e. The summed E-state index contributed by atoms with van der Waals surface area (Å²) >= 11 is 0. The molecule has 0 saturated carbocycles. The molecule has 3 N–H and O–H groups in total. The van der Waals surface area contributed by atoms with Gasteiger partial charge in [0.15, 0.2) is 0 Å². The van der Waals surface area contributed by atoms with Crippen LogP contribution in [0.25, 0.3) is 0 Å². The Morgan fingerprint density at radius 1 is 1.32 bits per heavy atom. The molecular formula is C15H20N2O2. The van der Waals surface area contributed by atoms with Crippen LogP contribution < -0.4 is 10.6 Å². The van der Waals surface area contributed by atoms with Gasteiger partial charge in [-0.25, -0.2) is 0 Å². The van der Waals surface area contributed by atoms with Crippen LogP contribution in [-0.2, 0) is 11.2 Å². The van der Waals surface area contributed by atoms with Crippen LogP contribution in [0.15, 0.2) is 24.3 Å². The summed E-state index contributed by atoms with van der Waals surface area (Å²) in [5.74, 6) is 0.255. The first-order chi connectivity index (χ1) is 9.26. The lowest BCUT2D eigenvalue weighted by Gasteiger charge is -2.19. The van der Waals surface area contributed by atoms with Crippen molar-refractivity contribution < 1.29 is 9.90 Å². The van der Waals surface area contributed by atoms with Gasteiger partial charge in [-0.3, -0.25) is 4.79 Å². The molecule has 1 aromatic rings. The number of aliphatic hydroxyl groups excluding tert-OH is 1. The number of carbonyl (C=O) groups excluding carboxylic acids is 1. The summed E-state index contributed by atoms with van der Waals surface area (Å²) < 4.78 is 0. The van der Waals surface area contributed by atoms with E-state index in [-0.39, 0.29) is 18.4 Å². The second-order valence-electron chi connectivity index (χ2n) is 5.55. The number of benzene rings is 1. The van der Waals surface area contributed by atoms with Gasteiger partial charge in [0, 0.05) is 24.4 Å². The number of carbonyl (C=O) groups is 1. The smallest absolute Gasteiger partial charge is 0.229 e. The third kappa shape index (κ3) is 2.65. The van der Waals surface area contributed by atoms with Crippen LogP contribution in [-0.4, -0.2) is 29.7 Å². The number of hydrogen-bond acceptors (Lipinski definition) is 3. The van der Waals surface area contributed by atoms with E-state index < -0.39 is 0 Å². The minimum absolute atomic E-state index is 0.121. The normalized spacial score (nSPS) is 28.6. The van der Waals surface area contributed by atoms with Gasteiger partial charge in [0.05, 0.1) is 5.92 Å². The van der Waals surface area contributed by atoms with Crippen LogP contribution in [0.2, 0.25) is 0 Å². The minimum Gasteiger partial charge on any atom is -0.396 e. The van der Waals surface area contributed by atoms with Crippen LogP contribution in [0, 0.1) is 5.92 Å². The molecule has 2 bridgehead atoms. The average molecular weight is 260 g/mol. The number of anilines is 1. The molecular weight excluding hydrogens is 240 g/mol. The molecule has 0 aromatic heterocycles. The van der Waals surface area contributed by atoms with E-state index in [9.17, 15) is 4.79 Å². The Bertz CT molecular complexity index is 458. The maximum absolute atomic E-state index is 12.2. The van der Waals surface area contributed by atoms with Crippen molar-refractivity contribution in [1.29, 1.82) is 0 Å². The van der Waals surface area contributed by atoms with Crippen LogP contribution in [0.5, 0.6) is 0 Å². The lowest BCUT2D eigenvalue weighted by atomic mass is 9.88. The van der Waals surface area contributed by atoms with Crippen molar-refractivity contribution in [3.05, 3.63) is 29.8 Å². The molecule has 3 unspecified atom stereocenters. The van der Waals surface area contributed by atoms with Gasteiger partial charge in [0.1, 0.15) is 0 Å². The Labute approximate surface area is 113 Å². The summed E-state index contributed by atoms with van der Waals surface area (Å²) in [6.07, 6.45) is 3.96. The molecule has 2 saturated heterocycles. The fraction of sp³-hybridized carbons (Fsp3) is 0.533. The molecule has 4 heteroatoms. The van der Waals surface area contributed by atoms with Crippen molar-refractivity contribution in [2.75, 3.05) is 11.9 Å². The zero-order valence-electron chi connectivity index (χ0n) is 10.9. The standard InChI is InChI=1S/C15H20N2O2/c18-8-7-10-1-3-11(4-2-10)17-15(19)13-9-12-5-6-14(13)16-12/h1-4,12-14,16,18H,5-9H2,(H,17,19). The number of rotatable bonds is 4. The number of fused-ring (bicyclic) bond motifs is 2. The number of nitrogens with one attached hydrogen (secondary N) is 2. The molecule has 0 aliphatic carbocycles. The van der Waals surface area contributed by atoms with Gasteiger partial charge in [-0.15, -0.1) is 0 Å². The van der Waals surface area contributed by atoms with E-state index in [1.54, 1.807) is 0 Å². The first-order valence-corrected chi connectivity index (χ1v) is 7.03. The van der Waals surface area contributed by atoms with Gasteiger partial charge in [-0.1, -0.05) is 12.1 Å². The topological polar surface area (TPSA) is 61.4 Å². The summed E-state index contributed by atoms with van der Waals surface area (Å²) in [6.45, 7) is 0.155. The molecule has 0 radical (unpaired) electrons. The van der Waals surface area contributed by atoms with Crippen molar-refractivity contribution in [2.24, 2.45) is 5.92 Å². The number of aliphatic hydroxyl groups is 1. The molecule has 1 aromatic carbocycles. The van der Waals surface area contributed by atoms with Crippen molar-refractivity contribution in [1.82, 2.24) is 5.32 Å². The molecule has 3 rings (SSSR count). The first kappa shape index (κ1) is 12.6. The van der Waals surface area contributed by atoms with Gasteiger partial charge < -0.3 is 15.7 Å². The molecule has 2 fully saturated rings. The van der Waals surface area contributed by atoms with E-state index in [1.807, 2.05) is 24.3 Å².